The highest BCUT2D eigenvalue weighted by Crippen LogP contribution is 2.34. The Morgan fingerprint density at radius 1 is 0.500 bits per heavy atom. The maximum atomic E-state index is 9.46. The van der Waals surface area contributed by atoms with Crippen LogP contribution in [0.1, 0.15) is 0 Å². The molecule has 0 radical (unpaired) electrons. The van der Waals surface area contributed by atoms with E-state index < -0.39 is 0 Å². The van der Waals surface area contributed by atoms with Crippen LogP contribution in [0.2, 0.25) is 0 Å². The molecule has 3 aromatic carbocycles. The summed E-state index contributed by atoms with van der Waals surface area (Å²) >= 11 is 0. The fraction of sp³-hybridized carbons (Fsp3) is 0. The number of azo groups is 1. The Morgan fingerprint density at radius 3 is 1.17 bits per heavy atom. The third-order valence-electron chi connectivity index (χ3n) is 2.85. The molecule has 0 bridgehead atoms. The summed E-state index contributed by atoms with van der Waals surface area (Å²) in [5.41, 5.74) is 0.107. The maximum absolute atomic E-state index is 9.46. The number of hydrogen-bond acceptors (Lipinski definition) is 6. The van der Waals surface area contributed by atoms with Crippen LogP contribution in [-0.2, 0) is 0 Å². The van der Waals surface area contributed by atoms with Gasteiger partial charge in [-0.3, -0.25) is 0 Å². The molecule has 0 saturated heterocycles. The number of benzene rings is 3. The SMILES string of the molecule is Oc1ccc(O)c(N=Nc2cc(O)ccc2O)c1.c1ccccc1. The fourth-order valence-electron chi connectivity index (χ4n) is 1.68. The molecule has 4 N–H and O–H groups in total. The van der Waals surface area contributed by atoms with Gasteiger partial charge < -0.3 is 20.4 Å². The summed E-state index contributed by atoms with van der Waals surface area (Å²) in [4.78, 5) is 0. The minimum atomic E-state index is -0.156. The molecule has 6 heteroatoms. The minimum absolute atomic E-state index is 0.0535. The molecule has 0 saturated carbocycles. The van der Waals surface area contributed by atoms with Crippen molar-refractivity contribution in [1.29, 1.82) is 0 Å². The summed E-state index contributed by atoms with van der Waals surface area (Å²) in [6.07, 6.45) is 0. The van der Waals surface area contributed by atoms with Crippen molar-refractivity contribution in [3.05, 3.63) is 72.8 Å². The largest absolute Gasteiger partial charge is 0.508 e. The van der Waals surface area contributed by atoms with Crippen LogP contribution in [0.5, 0.6) is 23.0 Å². The van der Waals surface area contributed by atoms with E-state index in [-0.39, 0.29) is 34.4 Å². The normalized spacial score (nSPS) is 10.2. The standard InChI is InChI=1S/C12H10N2O4.C6H6/c15-7-1-3-11(17)9(5-7)13-14-10-6-8(16)2-4-12(10)18;1-2-4-6-5-3-1/h1-6,15-18H;1-6H. The molecule has 0 spiro atoms. The van der Waals surface area contributed by atoms with E-state index in [1.807, 2.05) is 36.4 Å². The summed E-state index contributed by atoms with van der Waals surface area (Å²) in [6, 6.07) is 19.6. The van der Waals surface area contributed by atoms with E-state index in [2.05, 4.69) is 10.2 Å². The first kappa shape index (κ1) is 16.8. The maximum Gasteiger partial charge on any atom is 0.143 e. The Morgan fingerprint density at radius 2 is 0.833 bits per heavy atom. The van der Waals surface area contributed by atoms with Crippen LogP contribution in [0.3, 0.4) is 0 Å². The lowest BCUT2D eigenvalue weighted by Crippen LogP contribution is -1.70. The molecule has 3 aromatic rings. The highest BCUT2D eigenvalue weighted by molar-refractivity contribution is 5.57. The Balaban J connectivity index is 0.000000292. The van der Waals surface area contributed by atoms with Crippen molar-refractivity contribution < 1.29 is 20.4 Å². The van der Waals surface area contributed by atoms with E-state index >= 15 is 0 Å². The molecular weight excluding hydrogens is 308 g/mol. The van der Waals surface area contributed by atoms with E-state index in [1.54, 1.807) is 0 Å². The lowest BCUT2D eigenvalue weighted by atomic mass is 10.3. The summed E-state index contributed by atoms with van der Waals surface area (Å²) in [5.74, 6) is -0.448. The summed E-state index contributed by atoms with van der Waals surface area (Å²) in [7, 11) is 0. The van der Waals surface area contributed by atoms with Gasteiger partial charge in [-0.2, -0.15) is 0 Å². The summed E-state index contributed by atoms with van der Waals surface area (Å²) in [5, 5.41) is 44.7. The second-order valence-electron chi connectivity index (χ2n) is 4.70. The minimum Gasteiger partial charge on any atom is -0.508 e. The molecule has 0 aliphatic heterocycles. The number of nitrogens with zero attached hydrogens (tertiary/aromatic N) is 2. The number of rotatable bonds is 2. The molecular formula is C18H16N2O4. The number of aromatic hydroxyl groups is 4. The fourth-order valence-corrected chi connectivity index (χ4v) is 1.68. The summed E-state index contributed by atoms with van der Waals surface area (Å²) < 4.78 is 0. The second kappa shape index (κ2) is 8.19. The lowest BCUT2D eigenvalue weighted by molar-refractivity contribution is 0.459. The predicted molar refractivity (Wildman–Crippen MR) is 90.2 cm³/mol. The van der Waals surface area contributed by atoms with Gasteiger partial charge in [0.15, 0.2) is 0 Å². The van der Waals surface area contributed by atoms with Crippen molar-refractivity contribution in [2.45, 2.75) is 0 Å². The molecule has 0 atom stereocenters. The van der Waals surface area contributed by atoms with E-state index in [0.29, 0.717) is 0 Å². The quantitative estimate of drug-likeness (QED) is 0.408. The van der Waals surface area contributed by atoms with Gasteiger partial charge >= 0.3 is 0 Å². The van der Waals surface area contributed by atoms with Gasteiger partial charge in [0.05, 0.1) is 0 Å². The van der Waals surface area contributed by atoms with E-state index in [1.165, 1.54) is 36.4 Å². The number of phenols is 4. The second-order valence-corrected chi connectivity index (χ2v) is 4.70. The summed E-state index contributed by atoms with van der Waals surface area (Å²) in [6.45, 7) is 0. The highest BCUT2D eigenvalue weighted by atomic mass is 16.3. The van der Waals surface area contributed by atoms with Gasteiger partial charge in [0, 0.05) is 12.1 Å². The van der Waals surface area contributed by atoms with Crippen molar-refractivity contribution in [3.8, 4) is 23.0 Å². The molecule has 0 heterocycles. The average molecular weight is 324 g/mol. The molecule has 0 aliphatic carbocycles. The van der Waals surface area contributed by atoms with Crippen molar-refractivity contribution in [2.24, 2.45) is 10.2 Å². The van der Waals surface area contributed by atoms with Gasteiger partial charge in [-0.25, -0.2) is 0 Å². The Hall–Kier alpha value is -3.54. The molecule has 6 nitrogen and oxygen atoms in total. The van der Waals surface area contributed by atoms with Gasteiger partial charge in [-0.1, -0.05) is 36.4 Å². The third kappa shape index (κ3) is 5.03. The molecule has 122 valence electrons. The lowest BCUT2D eigenvalue weighted by Gasteiger charge is -2.00. The Labute approximate surface area is 138 Å². The zero-order valence-electron chi connectivity index (χ0n) is 12.6. The van der Waals surface area contributed by atoms with Crippen molar-refractivity contribution in [2.75, 3.05) is 0 Å². The van der Waals surface area contributed by atoms with Crippen molar-refractivity contribution in [1.82, 2.24) is 0 Å². The molecule has 0 amide bonds. The topological polar surface area (TPSA) is 106 Å². The Bertz CT molecular complexity index is 740. The zero-order valence-corrected chi connectivity index (χ0v) is 12.6. The van der Waals surface area contributed by atoms with Crippen molar-refractivity contribution in [3.63, 3.8) is 0 Å². The highest BCUT2D eigenvalue weighted by Gasteiger charge is 2.03. The molecule has 24 heavy (non-hydrogen) atoms. The van der Waals surface area contributed by atoms with Gasteiger partial charge in [0.2, 0.25) is 0 Å². The molecule has 0 unspecified atom stereocenters. The van der Waals surface area contributed by atoms with Gasteiger partial charge in [0.25, 0.3) is 0 Å². The molecule has 0 aliphatic rings. The van der Waals surface area contributed by atoms with Gasteiger partial charge in [-0.15, -0.1) is 10.2 Å². The zero-order chi connectivity index (χ0) is 17.4. The van der Waals surface area contributed by atoms with Crippen LogP contribution in [-0.4, -0.2) is 20.4 Å². The van der Waals surface area contributed by atoms with Gasteiger partial charge in [-0.05, 0) is 24.3 Å². The number of hydrogen-bond donors (Lipinski definition) is 4. The number of phenolic OH excluding ortho intramolecular Hbond substituents is 4. The van der Waals surface area contributed by atoms with E-state index in [9.17, 15) is 20.4 Å². The predicted octanol–water partition coefficient (Wildman–Crippen LogP) is 4.61. The smallest absolute Gasteiger partial charge is 0.143 e. The van der Waals surface area contributed by atoms with Crippen LogP contribution in [0.25, 0.3) is 0 Å². The molecule has 3 rings (SSSR count). The van der Waals surface area contributed by atoms with E-state index in [4.69, 9.17) is 0 Å². The van der Waals surface area contributed by atoms with Crippen LogP contribution < -0.4 is 0 Å². The van der Waals surface area contributed by atoms with Crippen LogP contribution in [0.4, 0.5) is 11.4 Å². The van der Waals surface area contributed by atoms with Crippen LogP contribution >= 0.6 is 0 Å². The Kier molecular flexibility index (Phi) is 5.74. The first-order valence-electron chi connectivity index (χ1n) is 7.02. The van der Waals surface area contributed by atoms with Gasteiger partial charge in [0.1, 0.15) is 34.4 Å². The average Bonchev–Trinajstić information content (AvgIpc) is 2.60. The van der Waals surface area contributed by atoms with Crippen molar-refractivity contribution >= 4 is 11.4 Å². The van der Waals surface area contributed by atoms with Crippen LogP contribution in [0, 0.1) is 0 Å². The van der Waals surface area contributed by atoms with E-state index in [0.717, 1.165) is 0 Å². The third-order valence-corrected chi connectivity index (χ3v) is 2.85. The molecule has 0 fully saturated rings. The van der Waals surface area contributed by atoms with Crippen LogP contribution in [0.15, 0.2) is 83.0 Å². The first-order valence-corrected chi connectivity index (χ1v) is 7.02. The molecule has 0 aromatic heterocycles. The first-order chi connectivity index (χ1) is 11.6. The monoisotopic (exact) mass is 324 g/mol.